The van der Waals surface area contributed by atoms with Crippen molar-refractivity contribution in [3.8, 4) is 0 Å². The second kappa shape index (κ2) is 59.0. The summed E-state index contributed by atoms with van der Waals surface area (Å²) in [6.45, 7) is 34.5. The van der Waals surface area contributed by atoms with Gasteiger partial charge in [-0.05, 0) is 160 Å². The summed E-state index contributed by atoms with van der Waals surface area (Å²) in [5.74, 6) is -4.65. The fraction of sp³-hybridized carbons (Fsp3) is 0.515. The molecule has 129 heavy (non-hydrogen) atoms. The molecule has 0 aliphatic carbocycles. The molecular weight excluding hydrogens is 1640 g/mol. The first kappa shape index (κ1) is 110. The monoisotopic (exact) mass is 1790 g/mol. The molecule has 12 amide bonds. The van der Waals surface area contributed by atoms with E-state index in [-0.39, 0.29) is 123 Å². The van der Waals surface area contributed by atoms with Crippen molar-refractivity contribution in [2.45, 2.75) is 237 Å². The van der Waals surface area contributed by atoms with E-state index in [0.717, 1.165) is 74.5 Å². The third-order valence-electron chi connectivity index (χ3n) is 20.7. The zero-order chi connectivity index (χ0) is 95.8. The van der Waals surface area contributed by atoms with Crippen LogP contribution in [-0.2, 0) is 33.6 Å². The van der Waals surface area contributed by atoms with E-state index < -0.39 is 71.9 Å². The first-order valence-corrected chi connectivity index (χ1v) is 45.9. The third kappa shape index (κ3) is 40.1. The number of primary amides is 3. The Bertz CT molecular complexity index is 4480. The lowest BCUT2D eigenvalue weighted by Crippen LogP contribution is -2.53. The maximum absolute atomic E-state index is 13.7. The van der Waals surface area contributed by atoms with E-state index >= 15 is 0 Å². The number of carbonyl (C=O) groups is 12. The quantitative estimate of drug-likeness (QED) is 0.0158. The molecule has 0 aliphatic rings. The summed E-state index contributed by atoms with van der Waals surface area (Å²) in [6.07, 6.45) is 5.88. The van der Waals surface area contributed by atoms with Gasteiger partial charge < -0.3 is 63.2 Å². The number of nitrogens with zero attached hydrogens (tertiary/aromatic N) is 6. The normalized spacial score (nSPS) is 12.6. The minimum Gasteiger partial charge on any atom is -0.390 e. The molecule has 30 heteroatoms. The van der Waals surface area contributed by atoms with Crippen molar-refractivity contribution < 1.29 is 72.9 Å². The first-order chi connectivity index (χ1) is 61.4. The highest BCUT2D eigenvalue weighted by Crippen LogP contribution is 2.22. The lowest BCUT2D eigenvalue weighted by atomic mass is 9.99. The number of likely N-dealkylation sites (N-methyl/N-ethyl adjacent to an activating group) is 1. The number of aliphatic hydroxyl groups is 3. The number of nitrogens with two attached hydrogens (primary N) is 3. The van der Waals surface area contributed by atoms with Crippen LogP contribution in [0.15, 0.2) is 146 Å². The average molecular weight is 1790 g/mol. The number of nitrogens with one attached hydrogen (secondary N) is 6. The zero-order valence-corrected chi connectivity index (χ0v) is 78.8. The van der Waals surface area contributed by atoms with Crippen LogP contribution in [0.5, 0.6) is 0 Å². The predicted molar refractivity (Wildman–Crippen MR) is 505 cm³/mol. The standard InChI is InChI=1S/C34H51N5O5.C33H49N5O5.C32H47N5O5/c1-6-9-17-39(37-31(41)18-24(4)5)23-30(40)29(19-25-13-11-10-12-14-25)36-33(43)27-20-26(32(35)42)21-28(22-27)34(44)38(15-7-2)16-8-3;1-6-14-37(15-7-2)33(43)27-20-25(31(34)41)19-26(21-27)32(42)35-28(18-24-12-10-9-11-13-24)29(39)22-38(16-8-3)36-30(40)17-23(4)5;1-6-14-36(15-7-2)32(42)26-19-24(30(33)40)18-25(20-26)31(41)34-27(17-23-12-10-9-11-13-23)28(38)21-37(8-3)35-29(39)16-22(4)5/h10-14,20-22,24,29-30,40H,6-9,15-19,23H2,1-5H3,(H2,35,42)(H,36,43)(H,37,41);9-13,19-21,23,28-29,39H,6-8,14-18,22H2,1-5H3,(H2,34,41)(H,35,42)(H,36,40);9-13,18-20,22,27-28,38H,6-8,14-17,21H2,1-5H3,(H2,33,40)(H,34,41)(H,35,39). The van der Waals surface area contributed by atoms with Crippen molar-refractivity contribution in [2.75, 3.05) is 78.5 Å². The Balaban J connectivity index is 0.000000405. The van der Waals surface area contributed by atoms with E-state index in [4.69, 9.17) is 17.2 Å². The number of hydrogen-bond acceptors (Lipinski definition) is 18. The van der Waals surface area contributed by atoms with Gasteiger partial charge in [0.1, 0.15) is 0 Å². The van der Waals surface area contributed by atoms with E-state index in [1.807, 2.05) is 195 Å². The number of hydrogen-bond donors (Lipinski definition) is 12. The van der Waals surface area contributed by atoms with Crippen LogP contribution in [-0.4, -0.2) is 231 Å². The van der Waals surface area contributed by atoms with Crippen LogP contribution in [0.1, 0.15) is 291 Å². The van der Waals surface area contributed by atoms with Crippen LogP contribution in [0.2, 0.25) is 0 Å². The number of rotatable bonds is 54. The van der Waals surface area contributed by atoms with Crippen LogP contribution >= 0.6 is 0 Å². The van der Waals surface area contributed by atoms with Crippen molar-refractivity contribution >= 4 is 70.9 Å². The molecule has 15 N–H and O–H groups in total. The van der Waals surface area contributed by atoms with Gasteiger partial charge in [0.25, 0.3) is 35.4 Å². The van der Waals surface area contributed by atoms with Crippen molar-refractivity contribution in [1.82, 2.24) is 62.0 Å². The van der Waals surface area contributed by atoms with Gasteiger partial charge in [0.2, 0.25) is 35.4 Å². The fourth-order valence-electron chi connectivity index (χ4n) is 14.5. The molecule has 0 radical (unpaired) electrons. The van der Waals surface area contributed by atoms with Crippen molar-refractivity contribution in [3.63, 3.8) is 0 Å². The number of hydrazine groups is 3. The van der Waals surface area contributed by atoms with Crippen molar-refractivity contribution in [2.24, 2.45) is 35.0 Å². The molecule has 0 aliphatic heterocycles. The van der Waals surface area contributed by atoms with Gasteiger partial charge in [-0.1, -0.05) is 201 Å². The minimum absolute atomic E-state index is 0.0455. The molecule has 6 rings (SSSR count). The lowest BCUT2D eigenvalue weighted by Gasteiger charge is -2.30. The molecule has 6 unspecified atom stereocenters. The lowest BCUT2D eigenvalue weighted by molar-refractivity contribution is -0.128. The Labute approximate surface area is 764 Å². The summed E-state index contributed by atoms with van der Waals surface area (Å²) in [5, 5.41) is 47.9. The maximum atomic E-state index is 13.7. The Hall–Kier alpha value is -11.3. The van der Waals surface area contributed by atoms with Gasteiger partial charge >= 0.3 is 0 Å². The van der Waals surface area contributed by atoms with Crippen molar-refractivity contribution in [3.05, 3.63) is 212 Å². The number of carbonyl (C=O) groups excluding carboxylic acids is 12. The first-order valence-electron chi connectivity index (χ1n) is 45.9. The van der Waals surface area contributed by atoms with Gasteiger partial charge in [-0.25, -0.2) is 15.0 Å². The average Bonchev–Trinajstić information content (AvgIpc) is 0.821. The molecule has 30 nitrogen and oxygen atoms in total. The maximum Gasteiger partial charge on any atom is 0.253 e. The highest BCUT2D eigenvalue weighted by Gasteiger charge is 2.32. The largest absolute Gasteiger partial charge is 0.390 e. The van der Waals surface area contributed by atoms with Crippen LogP contribution in [0.25, 0.3) is 0 Å². The van der Waals surface area contributed by atoms with Gasteiger partial charge in [0.05, 0.1) is 36.4 Å². The van der Waals surface area contributed by atoms with Crippen LogP contribution in [0.3, 0.4) is 0 Å². The SMILES string of the molecule is CCCCN(CC(O)C(Cc1ccccc1)NC(=O)c1cc(C(N)=O)cc(C(=O)N(CCC)CCC)c1)NC(=O)CC(C)C.CCCN(CC(O)C(Cc1ccccc1)NC(=O)c1cc(C(N)=O)cc(C(=O)N(CCC)CCC)c1)NC(=O)CC(C)C.CCCN(CCC)C(=O)c1cc(C(N)=O)cc(C(=O)NC(Cc2ccccc2)C(O)CN(CC)NC(=O)CC(C)C)c1. The van der Waals surface area contributed by atoms with E-state index in [1.165, 1.54) is 54.6 Å². The number of unbranched alkanes of at least 4 members (excludes halogenated alkanes) is 1. The highest BCUT2D eigenvalue weighted by atomic mass is 16.3. The molecule has 6 atom stereocenters. The highest BCUT2D eigenvalue weighted by molar-refractivity contribution is 6.07. The molecule has 708 valence electrons. The molecule has 0 bridgehead atoms. The Kier molecular flexibility index (Phi) is 50.4. The Morgan fingerprint density at radius 3 is 0.767 bits per heavy atom. The Morgan fingerprint density at radius 2 is 0.535 bits per heavy atom. The van der Waals surface area contributed by atoms with Crippen molar-refractivity contribution in [1.29, 1.82) is 0 Å². The summed E-state index contributed by atoms with van der Waals surface area (Å²) in [4.78, 5) is 160. The molecule has 0 spiro atoms. The van der Waals surface area contributed by atoms with E-state index in [1.54, 1.807) is 29.7 Å². The summed E-state index contributed by atoms with van der Waals surface area (Å²) in [7, 11) is 0. The molecule has 0 saturated carbocycles. The van der Waals surface area contributed by atoms with Crippen LogP contribution < -0.4 is 49.4 Å². The Morgan fingerprint density at radius 1 is 0.302 bits per heavy atom. The topological polar surface area (TPSA) is 435 Å². The van der Waals surface area contributed by atoms with Gasteiger partial charge in [-0.2, -0.15) is 0 Å². The van der Waals surface area contributed by atoms with Crippen LogP contribution in [0, 0.1) is 17.8 Å². The summed E-state index contributed by atoms with van der Waals surface area (Å²) >= 11 is 0. The third-order valence-corrected chi connectivity index (χ3v) is 20.7. The number of benzene rings is 6. The molecule has 0 aromatic heterocycles. The molecule has 0 heterocycles. The summed E-state index contributed by atoms with van der Waals surface area (Å²) in [5.41, 5.74) is 29.1. The summed E-state index contributed by atoms with van der Waals surface area (Å²) in [6, 6.07) is 38.8. The molecule has 0 fully saturated rings. The van der Waals surface area contributed by atoms with E-state index in [0.29, 0.717) is 97.4 Å². The second-order valence-electron chi connectivity index (χ2n) is 34.1. The van der Waals surface area contributed by atoms with E-state index in [9.17, 15) is 72.9 Å². The molecule has 6 aromatic carbocycles. The molecular formula is C99H147N15O15. The zero-order valence-electron chi connectivity index (χ0n) is 78.8. The van der Waals surface area contributed by atoms with Crippen LogP contribution in [0.4, 0.5) is 0 Å². The van der Waals surface area contributed by atoms with Gasteiger partial charge in [-0.3, -0.25) is 73.8 Å². The van der Waals surface area contributed by atoms with Gasteiger partial charge in [0, 0.05) is 148 Å². The summed E-state index contributed by atoms with van der Waals surface area (Å²) < 4.78 is 0. The van der Waals surface area contributed by atoms with Gasteiger partial charge in [0.15, 0.2) is 0 Å². The smallest absolute Gasteiger partial charge is 0.253 e. The predicted octanol–water partition coefficient (Wildman–Crippen LogP) is 10.6. The van der Waals surface area contributed by atoms with E-state index in [2.05, 4.69) is 32.2 Å². The second-order valence-corrected chi connectivity index (χ2v) is 34.1. The molecule has 0 saturated heterocycles. The fourth-order valence-corrected chi connectivity index (χ4v) is 14.5. The number of aliphatic hydroxyl groups excluding tert-OH is 3. The minimum atomic E-state index is -1.06. The number of amides is 12. The molecule has 6 aromatic rings. The van der Waals surface area contributed by atoms with Gasteiger partial charge in [-0.15, -0.1) is 0 Å².